The van der Waals surface area contributed by atoms with E-state index in [0.717, 1.165) is 11.1 Å². The molecular weight excluding hydrogens is 335 g/mol. The van der Waals surface area contributed by atoms with Gasteiger partial charge >= 0.3 is 0 Å². The number of nitrogen functional groups attached to an aromatic ring is 1. The number of rotatable bonds is 2. The maximum atomic E-state index is 13.6. The van der Waals surface area contributed by atoms with E-state index in [1.165, 1.54) is 12.1 Å². The van der Waals surface area contributed by atoms with Crippen LogP contribution in [0.2, 0.25) is 0 Å². The van der Waals surface area contributed by atoms with Gasteiger partial charge in [0, 0.05) is 10.0 Å². The molecule has 1 aromatic heterocycles. The molecular formula is C16H12BrFN2O. The van der Waals surface area contributed by atoms with Crippen molar-refractivity contribution in [3.05, 3.63) is 58.3 Å². The third kappa shape index (κ3) is 2.56. The normalized spacial score (nSPS) is 10.8. The first kappa shape index (κ1) is 13.8. The maximum absolute atomic E-state index is 13.6. The van der Waals surface area contributed by atoms with Crippen molar-refractivity contribution in [2.45, 2.75) is 6.92 Å². The van der Waals surface area contributed by atoms with Crippen molar-refractivity contribution in [3.8, 4) is 22.4 Å². The highest BCUT2D eigenvalue weighted by atomic mass is 79.9. The molecule has 0 atom stereocenters. The Hall–Kier alpha value is -2.14. The Bertz CT molecular complexity index is 794. The topological polar surface area (TPSA) is 52.0 Å². The summed E-state index contributed by atoms with van der Waals surface area (Å²) < 4.78 is 19.4. The van der Waals surface area contributed by atoms with E-state index < -0.39 is 0 Å². The van der Waals surface area contributed by atoms with Crippen molar-refractivity contribution < 1.29 is 8.91 Å². The Morgan fingerprint density at radius 3 is 2.67 bits per heavy atom. The van der Waals surface area contributed by atoms with E-state index in [1.807, 2.05) is 31.2 Å². The van der Waals surface area contributed by atoms with Gasteiger partial charge in [0.25, 0.3) is 0 Å². The van der Waals surface area contributed by atoms with Crippen molar-refractivity contribution in [2.24, 2.45) is 0 Å². The number of nitrogens with zero attached hydrogens (tertiary/aromatic N) is 1. The summed E-state index contributed by atoms with van der Waals surface area (Å²) in [5.41, 5.74) is 9.72. The van der Waals surface area contributed by atoms with Crippen molar-refractivity contribution in [1.29, 1.82) is 0 Å². The number of aromatic nitrogens is 1. The molecule has 3 nitrogen and oxygen atoms in total. The van der Waals surface area contributed by atoms with Crippen molar-refractivity contribution in [3.63, 3.8) is 0 Å². The molecule has 0 spiro atoms. The Balaban J connectivity index is 2.24. The van der Waals surface area contributed by atoms with Crippen LogP contribution in [0.5, 0.6) is 0 Å². The maximum Gasteiger partial charge on any atom is 0.230 e. The van der Waals surface area contributed by atoms with Gasteiger partial charge in [-0.25, -0.2) is 4.39 Å². The van der Waals surface area contributed by atoms with E-state index >= 15 is 0 Å². The fraction of sp³-hybridized carbons (Fsp3) is 0.0625. The number of aryl methyl sites for hydroxylation is 1. The molecule has 0 radical (unpaired) electrons. The second-order valence-corrected chi connectivity index (χ2v) is 5.66. The molecule has 0 amide bonds. The Morgan fingerprint density at radius 2 is 1.95 bits per heavy atom. The minimum atomic E-state index is -0.350. The van der Waals surface area contributed by atoms with E-state index in [0.29, 0.717) is 21.3 Å². The fourth-order valence-corrected chi connectivity index (χ4v) is 2.77. The molecule has 106 valence electrons. The number of benzene rings is 2. The molecule has 5 heteroatoms. The largest absolute Gasteiger partial charge is 0.367 e. The SMILES string of the molecule is Cc1ccccc1-c1c(-c2cc(F)cc(Br)c2)noc1N. The molecule has 0 saturated heterocycles. The van der Waals surface area contributed by atoms with Crippen LogP contribution in [0.1, 0.15) is 5.56 Å². The van der Waals surface area contributed by atoms with Crippen LogP contribution >= 0.6 is 15.9 Å². The molecule has 0 aliphatic rings. The molecule has 21 heavy (non-hydrogen) atoms. The van der Waals surface area contributed by atoms with Crippen LogP contribution in [0.4, 0.5) is 10.3 Å². The van der Waals surface area contributed by atoms with Gasteiger partial charge in [0.15, 0.2) is 0 Å². The third-order valence-corrected chi connectivity index (χ3v) is 3.73. The molecule has 2 aromatic carbocycles. The lowest BCUT2D eigenvalue weighted by atomic mass is 9.97. The average Bonchev–Trinajstić information content (AvgIpc) is 2.80. The summed E-state index contributed by atoms with van der Waals surface area (Å²) in [6.45, 7) is 1.98. The number of hydrogen-bond donors (Lipinski definition) is 1. The predicted molar refractivity (Wildman–Crippen MR) is 84.2 cm³/mol. The first-order chi connectivity index (χ1) is 10.1. The van der Waals surface area contributed by atoms with Crippen molar-refractivity contribution in [2.75, 3.05) is 5.73 Å². The Morgan fingerprint density at radius 1 is 1.19 bits per heavy atom. The monoisotopic (exact) mass is 346 g/mol. The molecule has 0 fully saturated rings. The minimum absolute atomic E-state index is 0.222. The second-order valence-electron chi connectivity index (χ2n) is 4.74. The average molecular weight is 347 g/mol. The van der Waals surface area contributed by atoms with Crippen LogP contribution in [0, 0.1) is 12.7 Å². The second kappa shape index (κ2) is 5.33. The summed E-state index contributed by atoms with van der Waals surface area (Å²) in [6.07, 6.45) is 0. The zero-order valence-electron chi connectivity index (χ0n) is 11.2. The molecule has 2 N–H and O–H groups in total. The van der Waals surface area contributed by atoms with Crippen molar-refractivity contribution in [1.82, 2.24) is 5.16 Å². The van der Waals surface area contributed by atoms with Gasteiger partial charge in [-0.1, -0.05) is 45.4 Å². The van der Waals surface area contributed by atoms with Crippen LogP contribution in [0.15, 0.2) is 51.5 Å². The van der Waals surface area contributed by atoms with Crippen LogP contribution in [-0.4, -0.2) is 5.16 Å². The summed E-state index contributed by atoms with van der Waals surface area (Å²) >= 11 is 3.28. The highest BCUT2D eigenvalue weighted by Crippen LogP contribution is 2.38. The van der Waals surface area contributed by atoms with E-state index in [1.54, 1.807) is 6.07 Å². The van der Waals surface area contributed by atoms with Gasteiger partial charge in [0.1, 0.15) is 11.5 Å². The molecule has 0 aliphatic carbocycles. The molecule has 3 rings (SSSR count). The standard InChI is InChI=1S/C16H12BrFN2O/c1-9-4-2-3-5-13(9)14-15(20-21-16(14)19)10-6-11(17)8-12(18)7-10/h2-8H,19H2,1H3. The van der Waals surface area contributed by atoms with E-state index in [9.17, 15) is 4.39 Å². The van der Waals surface area contributed by atoms with Gasteiger partial charge in [-0.3, -0.25) is 0 Å². The molecule has 0 bridgehead atoms. The first-order valence-corrected chi connectivity index (χ1v) is 7.13. The summed E-state index contributed by atoms with van der Waals surface area (Å²) in [5, 5.41) is 4.00. The fourth-order valence-electron chi connectivity index (χ4n) is 2.30. The highest BCUT2D eigenvalue weighted by Gasteiger charge is 2.19. The Labute approximate surface area is 129 Å². The minimum Gasteiger partial charge on any atom is -0.367 e. The Kier molecular flexibility index (Phi) is 3.51. The van der Waals surface area contributed by atoms with Gasteiger partial charge in [-0.2, -0.15) is 0 Å². The number of nitrogens with two attached hydrogens (primary N) is 1. The van der Waals surface area contributed by atoms with E-state index in [2.05, 4.69) is 21.1 Å². The lowest BCUT2D eigenvalue weighted by molar-refractivity contribution is 0.439. The molecule has 1 heterocycles. The quantitative estimate of drug-likeness (QED) is 0.724. The molecule has 0 unspecified atom stereocenters. The molecule has 0 aliphatic heterocycles. The smallest absolute Gasteiger partial charge is 0.230 e. The zero-order chi connectivity index (χ0) is 15.0. The van der Waals surface area contributed by atoms with Gasteiger partial charge in [-0.15, -0.1) is 0 Å². The number of halogens is 2. The van der Waals surface area contributed by atoms with Crippen LogP contribution in [-0.2, 0) is 0 Å². The summed E-state index contributed by atoms with van der Waals surface area (Å²) in [7, 11) is 0. The van der Waals surface area contributed by atoms with Gasteiger partial charge in [0.05, 0.1) is 5.56 Å². The zero-order valence-corrected chi connectivity index (χ0v) is 12.8. The molecule has 0 saturated carbocycles. The predicted octanol–water partition coefficient (Wildman–Crippen LogP) is 4.80. The highest BCUT2D eigenvalue weighted by molar-refractivity contribution is 9.10. The van der Waals surface area contributed by atoms with Gasteiger partial charge in [-0.05, 0) is 36.2 Å². The summed E-state index contributed by atoms with van der Waals surface area (Å²) in [5.74, 6) is -0.128. The van der Waals surface area contributed by atoms with Crippen LogP contribution in [0.25, 0.3) is 22.4 Å². The third-order valence-electron chi connectivity index (χ3n) is 3.27. The van der Waals surface area contributed by atoms with Crippen LogP contribution < -0.4 is 5.73 Å². The first-order valence-electron chi connectivity index (χ1n) is 6.34. The van der Waals surface area contributed by atoms with E-state index in [4.69, 9.17) is 10.3 Å². The number of anilines is 1. The summed E-state index contributed by atoms with van der Waals surface area (Å²) in [6, 6.07) is 12.4. The van der Waals surface area contributed by atoms with Crippen molar-refractivity contribution >= 4 is 21.8 Å². The molecule has 3 aromatic rings. The lowest BCUT2D eigenvalue weighted by Crippen LogP contribution is -1.90. The number of hydrogen-bond acceptors (Lipinski definition) is 3. The van der Waals surface area contributed by atoms with Crippen LogP contribution in [0.3, 0.4) is 0 Å². The summed E-state index contributed by atoms with van der Waals surface area (Å²) in [4.78, 5) is 0. The lowest BCUT2D eigenvalue weighted by Gasteiger charge is -2.06. The van der Waals surface area contributed by atoms with Gasteiger partial charge < -0.3 is 10.3 Å². The van der Waals surface area contributed by atoms with Gasteiger partial charge in [0.2, 0.25) is 5.88 Å². The van der Waals surface area contributed by atoms with E-state index in [-0.39, 0.29) is 11.7 Å².